The average Bonchev–Trinajstić information content (AvgIpc) is 2.66. The fourth-order valence-electron chi connectivity index (χ4n) is 1.54. The van der Waals surface area contributed by atoms with E-state index in [1.54, 1.807) is 18.5 Å². The average molecular weight is 203 g/mol. The minimum absolute atomic E-state index is 0.165. The monoisotopic (exact) mass is 203 g/mol. The van der Waals surface area contributed by atoms with Crippen molar-refractivity contribution in [2.75, 3.05) is 0 Å². The fraction of sp³-hybridized carbons (Fsp3) is 0.273. The van der Waals surface area contributed by atoms with Crippen LogP contribution in [0.1, 0.15) is 13.3 Å². The number of nitrogens with zero attached hydrogens (tertiary/aromatic N) is 3. The molecule has 2 rings (SSSR count). The molecule has 15 heavy (non-hydrogen) atoms. The summed E-state index contributed by atoms with van der Waals surface area (Å²) < 4.78 is 2.05. The summed E-state index contributed by atoms with van der Waals surface area (Å²) in [5.74, 6) is 1.01. The van der Waals surface area contributed by atoms with Crippen LogP contribution in [0.5, 0.6) is 5.75 Å². The third kappa shape index (κ3) is 1.98. The lowest BCUT2D eigenvalue weighted by Crippen LogP contribution is -1.98. The van der Waals surface area contributed by atoms with Crippen molar-refractivity contribution >= 4 is 0 Å². The van der Waals surface area contributed by atoms with Gasteiger partial charge in [-0.05, 0) is 12.5 Å². The Kier molecular flexibility index (Phi) is 2.67. The number of aryl methyl sites for hydroxylation is 1. The molecule has 2 heterocycles. The SMILES string of the molecule is CCCn1ccnc1-c1cncc(O)c1. The van der Waals surface area contributed by atoms with E-state index in [-0.39, 0.29) is 5.75 Å². The molecule has 2 aromatic heterocycles. The van der Waals surface area contributed by atoms with E-state index in [4.69, 9.17) is 0 Å². The fourth-order valence-corrected chi connectivity index (χ4v) is 1.54. The summed E-state index contributed by atoms with van der Waals surface area (Å²) in [5.41, 5.74) is 0.841. The minimum Gasteiger partial charge on any atom is -0.506 e. The van der Waals surface area contributed by atoms with Crippen molar-refractivity contribution in [2.45, 2.75) is 19.9 Å². The van der Waals surface area contributed by atoms with Gasteiger partial charge < -0.3 is 9.67 Å². The van der Waals surface area contributed by atoms with Crippen LogP contribution >= 0.6 is 0 Å². The van der Waals surface area contributed by atoms with Crippen LogP contribution in [0, 0.1) is 0 Å². The van der Waals surface area contributed by atoms with Crippen molar-refractivity contribution in [3.63, 3.8) is 0 Å². The number of rotatable bonds is 3. The zero-order chi connectivity index (χ0) is 10.7. The Morgan fingerprint density at radius 3 is 3.00 bits per heavy atom. The van der Waals surface area contributed by atoms with Gasteiger partial charge in [-0.3, -0.25) is 4.98 Å². The number of hydrogen-bond acceptors (Lipinski definition) is 3. The first-order chi connectivity index (χ1) is 7.31. The summed E-state index contributed by atoms with van der Waals surface area (Å²) in [5, 5.41) is 9.33. The molecule has 4 heteroatoms. The second kappa shape index (κ2) is 4.13. The van der Waals surface area contributed by atoms with E-state index in [0.717, 1.165) is 24.4 Å². The van der Waals surface area contributed by atoms with Crippen LogP contribution < -0.4 is 0 Å². The van der Waals surface area contributed by atoms with Gasteiger partial charge >= 0.3 is 0 Å². The van der Waals surface area contributed by atoms with Crippen LogP contribution in [0.4, 0.5) is 0 Å². The second-order valence-corrected chi connectivity index (χ2v) is 3.38. The van der Waals surface area contributed by atoms with Crippen LogP contribution in [0.15, 0.2) is 30.9 Å². The van der Waals surface area contributed by atoms with Gasteiger partial charge in [-0.15, -0.1) is 0 Å². The molecule has 0 aliphatic heterocycles. The highest BCUT2D eigenvalue weighted by Crippen LogP contribution is 2.20. The maximum Gasteiger partial charge on any atom is 0.141 e. The molecule has 0 aliphatic rings. The third-order valence-electron chi connectivity index (χ3n) is 2.16. The van der Waals surface area contributed by atoms with E-state index in [2.05, 4.69) is 21.5 Å². The molecule has 0 radical (unpaired) electrons. The molecule has 0 aromatic carbocycles. The Labute approximate surface area is 88.2 Å². The van der Waals surface area contributed by atoms with Crippen LogP contribution in [-0.4, -0.2) is 19.6 Å². The van der Waals surface area contributed by atoms with Crippen molar-refractivity contribution < 1.29 is 5.11 Å². The van der Waals surface area contributed by atoms with Crippen molar-refractivity contribution in [3.8, 4) is 17.1 Å². The van der Waals surface area contributed by atoms with Gasteiger partial charge in [-0.2, -0.15) is 0 Å². The molecule has 2 aromatic rings. The van der Waals surface area contributed by atoms with Crippen molar-refractivity contribution in [1.29, 1.82) is 0 Å². The number of imidazole rings is 1. The van der Waals surface area contributed by atoms with Crippen LogP contribution in [0.25, 0.3) is 11.4 Å². The Bertz CT molecular complexity index is 451. The van der Waals surface area contributed by atoms with Gasteiger partial charge in [0.25, 0.3) is 0 Å². The quantitative estimate of drug-likeness (QED) is 0.830. The van der Waals surface area contributed by atoms with E-state index in [9.17, 15) is 5.11 Å². The van der Waals surface area contributed by atoms with Gasteiger partial charge in [0.2, 0.25) is 0 Å². The Balaban J connectivity index is 2.40. The Morgan fingerprint density at radius 2 is 2.27 bits per heavy atom. The van der Waals surface area contributed by atoms with Gasteiger partial charge in [-0.1, -0.05) is 6.92 Å². The van der Waals surface area contributed by atoms with Crippen LogP contribution in [0.2, 0.25) is 0 Å². The predicted octanol–water partition coefficient (Wildman–Crippen LogP) is 2.06. The van der Waals surface area contributed by atoms with Gasteiger partial charge in [-0.25, -0.2) is 4.98 Å². The molecule has 0 fully saturated rings. The van der Waals surface area contributed by atoms with Gasteiger partial charge in [0.1, 0.15) is 11.6 Å². The lowest BCUT2D eigenvalue weighted by molar-refractivity contribution is 0.473. The first-order valence-corrected chi connectivity index (χ1v) is 4.96. The molecule has 0 amide bonds. The number of hydrogen-bond donors (Lipinski definition) is 1. The maximum atomic E-state index is 9.33. The largest absolute Gasteiger partial charge is 0.506 e. The Morgan fingerprint density at radius 1 is 1.40 bits per heavy atom. The van der Waals surface area contributed by atoms with E-state index in [0.29, 0.717) is 0 Å². The zero-order valence-corrected chi connectivity index (χ0v) is 8.59. The van der Waals surface area contributed by atoms with Crippen molar-refractivity contribution in [1.82, 2.24) is 14.5 Å². The number of pyridine rings is 1. The van der Waals surface area contributed by atoms with Crippen molar-refractivity contribution in [3.05, 3.63) is 30.9 Å². The summed E-state index contributed by atoms with van der Waals surface area (Å²) in [6, 6.07) is 1.67. The molecule has 0 spiro atoms. The standard InChI is InChI=1S/C11H13N3O/c1-2-4-14-5-3-13-11(14)9-6-10(15)8-12-7-9/h3,5-8,15H,2,4H2,1H3. The first-order valence-electron chi connectivity index (χ1n) is 4.96. The summed E-state index contributed by atoms with van der Waals surface area (Å²) in [4.78, 5) is 8.20. The summed E-state index contributed by atoms with van der Waals surface area (Å²) >= 11 is 0. The number of aromatic nitrogens is 3. The van der Waals surface area contributed by atoms with E-state index >= 15 is 0 Å². The van der Waals surface area contributed by atoms with Crippen LogP contribution in [-0.2, 0) is 6.54 Å². The molecular weight excluding hydrogens is 190 g/mol. The van der Waals surface area contributed by atoms with E-state index in [1.807, 2.05) is 6.20 Å². The molecule has 78 valence electrons. The third-order valence-corrected chi connectivity index (χ3v) is 2.16. The predicted molar refractivity (Wildman–Crippen MR) is 57.4 cm³/mol. The normalized spacial score (nSPS) is 10.5. The minimum atomic E-state index is 0.165. The van der Waals surface area contributed by atoms with Gasteiger partial charge in [0.05, 0.1) is 6.20 Å². The first kappa shape index (κ1) is 9.71. The highest BCUT2D eigenvalue weighted by atomic mass is 16.3. The highest BCUT2D eigenvalue weighted by Gasteiger charge is 2.05. The molecule has 0 atom stereocenters. The molecule has 1 N–H and O–H groups in total. The maximum absolute atomic E-state index is 9.33. The molecule has 0 aliphatic carbocycles. The van der Waals surface area contributed by atoms with E-state index < -0.39 is 0 Å². The smallest absolute Gasteiger partial charge is 0.141 e. The molecule has 0 unspecified atom stereocenters. The molecular formula is C11H13N3O. The topological polar surface area (TPSA) is 50.9 Å². The van der Waals surface area contributed by atoms with Crippen LogP contribution in [0.3, 0.4) is 0 Å². The summed E-state index contributed by atoms with van der Waals surface area (Å²) in [7, 11) is 0. The van der Waals surface area contributed by atoms with Gasteiger partial charge in [0, 0.05) is 30.7 Å². The zero-order valence-electron chi connectivity index (χ0n) is 8.59. The highest BCUT2D eigenvalue weighted by molar-refractivity contribution is 5.56. The molecule has 0 saturated carbocycles. The van der Waals surface area contributed by atoms with Gasteiger partial charge in [0.15, 0.2) is 0 Å². The molecule has 4 nitrogen and oxygen atoms in total. The molecule has 0 bridgehead atoms. The lowest BCUT2D eigenvalue weighted by Gasteiger charge is -2.05. The van der Waals surface area contributed by atoms with E-state index in [1.165, 1.54) is 6.20 Å². The Hall–Kier alpha value is -1.84. The number of aromatic hydroxyl groups is 1. The summed E-state index contributed by atoms with van der Waals surface area (Å²) in [6.07, 6.45) is 7.86. The second-order valence-electron chi connectivity index (χ2n) is 3.38. The van der Waals surface area contributed by atoms with Crippen molar-refractivity contribution in [2.24, 2.45) is 0 Å². The lowest BCUT2D eigenvalue weighted by atomic mass is 10.2. The molecule has 0 saturated heterocycles. The summed E-state index contributed by atoms with van der Waals surface area (Å²) in [6.45, 7) is 3.04.